The first-order chi connectivity index (χ1) is 11.2. The molecule has 0 radical (unpaired) electrons. The number of benzene rings is 1. The summed E-state index contributed by atoms with van der Waals surface area (Å²) in [5, 5.41) is 2.93. The van der Waals surface area contributed by atoms with Crippen molar-refractivity contribution >= 4 is 11.6 Å². The molecule has 0 spiro atoms. The molecule has 0 saturated carbocycles. The number of amides is 1. The maximum Gasteiger partial charge on any atom is 0.229 e. The van der Waals surface area contributed by atoms with Crippen LogP contribution in [-0.4, -0.2) is 50.3 Å². The van der Waals surface area contributed by atoms with Crippen LogP contribution in [0.5, 0.6) is 5.75 Å². The molecule has 0 unspecified atom stereocenters. The van der Waals surface area contributed by atoms with Crippen LogP contribution in [0.4, 0.5) is 5.69 Å². The van der Waals surface area contributed by atoms with E-state index in [1.807, 2.05) is 24.3 Å². The zero-order valence-electron chi connectivity index (χ0n) is 13.8. The van der Waals surface area contributed by atoms with E-state index in [0.29, 0.717) is 19.8 Å². The van der Waals surface area contributed by atoms with Gasteiger partial charge >= 0.3 is 0 Å². The second-order valence-corrected chi connectivity index (χ2v) is 6.62. The van der Waals surface area contributed by atoms with Crippen LogP contribution in [0.2, 0.25) is 0 Å². The molecule has 2 heterocycles. The van der Waals surface area contributed by atoms with Crippen LogP contribution >= 0.6 is 0 Å². The van der Waals surface area contributed by atoms with Crippen LogP contribution in [0.25, 0.3) is 0 Å². The third-order valence-corrected chi connectivity index (χ3v) is 4.61. The zero-order valence-corrected chi connectivity index (χ0v) is 13.8. The summed E-state index contributed by atoms with van der Waals surface area (Å²) in [5.41, 5.74) is 0.808. The summed E-state index contributed by atoms with van der Waals surface area (Å²) in [7, 11) is 0. The molecule has 0 bridgehead atoms. The van der Waals surface area contributed by atoms with Gasteiger partial charge in [-0.25, -0.2) is 0 Å². The number of carbonyl (C=O) groups is 1. The van der Waals surface area contributed by atoms with Crippen molar-refractivity contribution in [1.82, 2.24) is 4.90 Å². The quantitative estimate of drug-likeness (QED) is 0.875. The van der Waals surface area contributed by atoms with Gasteiger partial charge in [-0.15, -0.1) is 0 Å². The van der Waals surface area contributed by atoms with E-state index in [4.69, 9.17) is 9.47 Å². The van der Waals surface area contributed by atoms with E-state index in [2.05, 4.69) is 17.1 Å². The summed E-state index contributed by atoms with van der Waals surface area (Å²) >= 11 is 0. The summed E-state index contributed by atoms with van der Waals surface area (Å²) < 4.78 is 11.0. The van der Waals surface area contributed by atoms with Crippen LogP contribution in [0.15, 0.2) is 24.3 Å². The van der Waals surface area contributed by atoms with Crippen molar-refractivity contribution in [3.05, 3.63) is 24.3 Å². The highest BCUT2D eigenvalue weighted by Gasteiger charge is 2.23. The molecule has 3 rings (SSSR count). The SMILES string of the molecule is C[C@H]1CCN(CCOc2ccc(NC(=O)[C@@H]3CCOC3)cc2)C1. The fourth-order valence-corrected chi connectivity index (χ4v) is 3.14. The fourth-order valence-electron chi connectivity index (χ4n) is 3.14. The third kappa shape index (κ3) is 4.69. The Morgan fingerprint density at radius 3 is 2.83 bits per heavy atom. The first-order valence-corrected chi connectivity index (χ1v) is 8.54. The smallest absolute Gasteiger partial charge is 0.229 e. The molecule has 2 aliphatic rings. The van der Waals surface area contributed by atoms with Gasteiger partial charge in [0.15, 0.2) is 0 Å². The molecule has 23 heavy (non-hydrogen) atoms. The van der Waals surface area contributed by atoms with Crippen LogP contribution in [-0.2, 0) is 9.53 Å². The van der Waals surface area contributed by atoms with Crippen LogP contribution in [0.3, 0.4) is 0 Å². The van der Waals surface area contributed by atoms with E-state index in [1.165, 1.54) is 19.5 Å². The van der Waals surface area contributed by atoms with Gasteiger partial charge in [0.1, 0.15) is 12.4 Å². The van der Waals surface area contributed by atoms with Gasteiger partial charge in [0.05, 0.1) is 12.5 Å². The highest BCUT2D eigenvalue weighted by molar-refractivity contribution is 5.92. The summed E-state index contributed by atoms with van der Waals surface area (Å²) in [4.78, 5) is 14.5. The van der Waals surface area contributed by atoms with Crippen LogP contribution in [0, 0.1) is 11.8 Å². The molecule has 5 nitrogen and oxygen atoms in total. The summed E-state index contributed by atoms with van der Waals surface area (Å²) in [5.74, 6) is 1.68. The molecule has 0 aromatic heterocycles. The highest BCUT2D eigenvalue weighted by Crippen LogP contribution is 2.19. The summed E-state index contributed by atoms with van der Waals surface area (Å²) in [6.07, 6.45) is 2.10. The van der Waals surface area contributed by atoms with Gasteiger partial charge in [0.2, 0.25) is 5.91 Å². The molecule has 1 amide bonds. The lowest BCUT2D eigenvalue weighted by atomic mass is 10.1. The number of anilines is 1. The van der Waals surface area contributed by atoms with Gasteiger partial charge in [0, 0.05) is 25.4 Å². The summed E-state index contributed by atoms with van der Waals surface area (Å²) in [6, 6.07) is 7.60. The minimum absolute atomic E-state index is 0.0196. The van der Waals surface area contributed by atoms with Gasteiger partial charge in [0.25, 0.3) is 0 Å². The first-order valence-electron chi connectivity index (χ1n) is 8.54. The predicted molar refractivity (Wildman–Crippen MR) is 89.7 cm³/mol. The molecule has 1 aromatic rings. The fraction of sp³-hybridized carbons (Fsp3) is 0.611. The Morgan fingerprint density at radius 1 is 1.35 bits per heavy atom. The first kappa shape index (κ1) is 16.3. The number of rotatable bonds is 6. The van der Waals surface area contributed by atoms with Crippen molar-refractivity contribution < 1.29 is 14.3 Å². The third-order valence-electron chi connectivity index (χ3n) is 4.61. The minimum Gasteiger partial charge on any atom is -0.492 e. The Morgan fingerprint density at radius 2 is 2.17 bits per heavy atom. The number of likely N-dealkylation sites (tertiary alicyclic amines) is 1. The number of nitrogens with zero attached hydrogens (tertiary/aromatic N) is 1. The van der Waals surface area contributed by atoms with Crippen molar-refractivity contribution in [2.45, 2.75) is 19.8 Å². The number of nitrogens with one attached hydrogen (secondary N) is 1. The Labute approximate surface area is 137 Å². The van der Waals surface area contributed by atoms with Crippen LogP contribution < -0.4 is 10.1 Å². The average Bonchev–Trinajstić information content (AvgIpc) is 3.21. The van der Waals surface area contributed by atoms with Gasteiger partial charge < -0.3 is 14.8 Å². The Hall–Kier alpha value is -1.59. The van der Waals surface area contributed by atoms with Crippen molar-refractivity contribution in [1.29, 1.82) is 0 Å². The van der Waals surface area contributed by atoms with E-state index >= 15 is 0 Å². The van der Waals surface area contributed by atoms with Crippen molar-refractivity contribution in [3.63, 3.8) is 0 Å². The molecule has 5 heteroatoms. The van der Waals surface area contributed by atoms with Crippen molar-refractivity contribution in [3.8, 4) is 5.75 Å². The van der Waals surface area contributed by atoms with E-state index in [1.54, 1.807) is 0 Å². The minimum atomic E-state index is -0.0196. The largest absolute Gasteiger partial charge is 0.492 e. The number of hydrogen-bond donors (Lipinski definition) is 1. The Balaban J connectivity index is 1.40. The summed E-state index contributed by atoms with van der Waals surface area (Å²) in [6.45, 7) is 7.55. The Bertz CT molecular complexity index is 512. The highest BCUT2D eigenvalue weighted by atomic mass is 16.5. The zero-order chi connectivity index (χ0) is 16.1. The molecule has 1 N–H and O–H groups in total. The normalized spacial score (nSPS) is 24.7. The standard InChI is InChI=1S/C18H26N2O3/c1-14-6-8-20(12-14)9-11-23-17-4-2-16(3-5-17)19-18(21)15-7-10-22-13-15/h2-5,14-15H,6-13H2,1H3,(H,19,21)/t14-,15+/m0/s1. The van der Waals surface area contributed by atoms with Gasteiger partial charge in [-0.3, -0.25) is 9.69 Å². The molecule has 1 aromatic carbocycles. The molecule has 126 valence electrons. The Kier molecular flexibility index (Phi) is 5.51. The van der Waals surface area contributed by atoms with E-state index in [0.717, 1.165) is 30.3 Å². The topological polar surface area (TPSA) is 50.8 Å². The van der Waals surface area contributed by atoms with Gasteiger partial charge in [-0.05, 0) is 49.6 Å². The molecule has 2 atom stereocenters. The van der Waals surface area contributed by atoms with E-state index in [-0.39, 0.29) is 11.8 Å². The second-order valence-electron chi connectivity index (χ2n) is 6.62. The second kappa shape index (κ2) is 7.79. The van der Waals surface area contributed by atoms with Crippen molar-refractivity contribution in [2.24, 2.45) is 11.8 Å². The molecule has 2 aliphatic heterocycles. The van der Waals surface area contributed by atoms with Gasteiger partial charge in [-0.2, -0.15) is 0 Å². The lowest BCUT2D eigenvalue weighted by Crippen LogP contribution is -2.25. The molecular formula is C18H26N2O3. The van der Waals surface area contributed by atoms with E-state index in [9.17, 15) is 4.79 Å². The van der Waals surface area contributed by atoms with Crippen LogP contribution in [0.1, 0.15) is 19.8 Å². The maximum absolute atomic E-state index is 12.0. The number of hydrogen-bond acceptors (Lipinski definition) is 4. The lowest BCUT2D eigenvalue weighted by molar-refractivity contribution is -0.119. The van der Waals surface area contributed by atoms with Crippen molar-refractivity contribution in [2.75, 3.05) is 44.8 Å². The maximum atomic E-state index is 12.0. The number of carbonyl (C=O) groups excluding carboxylic acids is 1. The molecule has 0 aliphatic carbocycles. The molecule has 2 saturated heterocycles. The average molecular weight is 318 g/mol. The monoisotopic (exact) mass is 318 g/mol. The molecule has 2 fully saturated rings. The van der Waals surface area contributed by atoms with Gasteiger partial charge in [-0.1, -0.05) is 6.92 Å². The van der Waals surface area contributed by atoms with E-state index < -0.39 is 0 Å². The number of ether oxygens (including phenoxy) is 2. The lowest BCUT2D eigenvalue weighted by Gasteiger charge is -2.16. The molecular weight excluding hydrogens is 292 g/mol. The predicted octanol–water partition coefficient (Wildman–Crippen LogP) is 2.38.